The molecule has 2 unspecified atom stereocenters. The summed E-state index contributed by atoms with van der Waals surface area (Å²) < 4.78 is 11.4. The Balaban J connectivity index is 1.98. The summed E-state index contributed by atoms with van der Waals surface area (Å²) in [5.41, 5.74) is 0. The second-order valence-corrected chi connectivity index (χ2v) is 4.68. The first kappa shape index (κ1) is 13.1. The first-order valence-electron chi connectivity index (χ1n) is 6.77. The molecule has 4 heteroatoms. The van der Waals surface area contributed by atoms with Crippen LogP contribution in [0.5, 0.6) is 5.75 Å². The lowest BCUT2D eigenvalue weighted by molar-refractivity contribution is 0.0995. The Kier molecular flexibility index (Phi) is 4.81. The van der Waals surface area contributed by atoms with Crippen molar-refractivity contribution < 1.29 is 9.47 Å². The van der Waals surface area contributed by atoms with Gasteiger partial charge in [-0.15, -0.1) is 0 Å². The monoisotopic (exact) mass is 250 g/mol. The van der Waals surface area contributed by atoms with Crippen LogP contribution in [-0.2, 0) is 4.74 Å². The van der Waals surface area contributed by atoms with Crippen LogP contribution < -0.4 is 10.1 Å². The number of hydrogen-bond donors (Lipinski definition) is 1. The number of rotatable bonds is 6. The summed E-state index contributed by atoms with van der Waals surface area (Å²) in [5, 5.41) is 3.40. The third kappa shape index (κ3) is 3.35. The maximum absolute atomic E-state index is 5.68. The van der Waals surface area contributed by atoms with Crippen molar-refractivity contribution in [2.75, 3.05) is 18.5 Å². The van der Waals surface area contributed by atoms with Gasteiger partial charge in [0.2, 0.25) is 0 Å². The van der Waals surface area contributed by atoms with Crippen molar-refractivity contribution in [2.24, 2.45) is 0 Å². The molecule has 1 aromatic rings. The van der Waals surface area contributed by atoms with Crippen LogP contribution in [0.2, 0.25) is 0 Å². The van der Waals surface area contributed by atoms with Crippen LogP contribution in [0.25, 0.3) is 0 Å². The zero-order chi connectivity index (χ0) is 12.8. The molecule has 1 fully saturated rings. The highest BCUT2D eigenvalue weighted by atomic mass is 16.5. The molecule has 1 saturated heterocycles. The lowest BCUT2D eigenvalue weighted by atomic mass is 10.1. The molecule has 2 atom stereocenters. The summed E-state index contributed by atoms with van der Waals surface area (Å²) in [4.78, 5) is 4.35. The first-order valence-corrected chi connectivity index (χ1v) is 6.77. The molecule has 1 N–H and O–H groups in total. The fraction of sp³-hybridized carbons (Fsp3) is 0.643. The Bertz CT molecular complexity index is 365. The van der Waals surface area contributed by atoms with Gasteiger partial charge < -0.3 is 14.8 Å². The molecule has 0 spiro atoms. The van der Waals surface area contributed by atoms with Gasteiger partial charge in [-0.3, -0.25) is 0 Å². The number of anilines is 1. The van der Waals surface area contributed by atoms with E-state index in [9.17, 15) is 0 Å². The summed E-state index contributed by atoms with van der Waals surface area (Å²) in [6.45, 7) is 5.82. The standard InChI is InChI=1S/C14H22N2O2/c1-3-9-17-13-6-4-8-15-14(13)16-11(2)12-7-5-10-18-12/h4,6,8,11-12H,3,5,7,9-10H2,1-2H3,(H,15,16). The predicted molar refractivity (Wildman–Crippen MR) is 72.1 cm³/mol. The SMILES string of the molecule is CCCOc1cccnc1NC(C)C1CCCO1. The molecule has 100 valence electrons. The van der Waals surface area contributed by atoms with Gasteiger partial charge in [0.05, 0.1) is 18.8 Å². The van der Waals surface area contributed by atoms with Crippen molar-refractivity contribution in [3.05, 3.63) is 18.3 Å². The minimum atomic E-state index is 0.256. The van der Waals surface area contributed by atoms with Gasteiger partial charge in [0.15, 0.2) is 11.6 Å². The van der Waals surface area contributed by atoms with Gasteiger partial charge in [0.25, 0.3) is 0 Å². The molecule has 1 aromatic heterocycles. The number of nitrogens with one attached hydrogen (secondary N) is 1. The Morgan fingerprint density at radius 1 is 1.61 bits per heavy atom. The van der Waals surface area contributed by atoms with Gasteiger partial charge in [-0.25, -0.2) is 4.98 Å². The van der Waals surface area contributed by atoms with Crippen LogP contribution in [0.1, 0.15) is 33.1 Å². The molecule has 0 radical (unpaired) electrons. The molecular formula is C14H22N2O2. The van der Waals surface area contributed by atoms with Gasteiger partial charge in [0.1, 0.15) is 0 Å². The fourth-order valence-corrected chi connectivity index (χ4v) is 2.13. The zero-order valence-electron chi connectivity index (χ0n) is 11.2. The Labute approximate surface area is 109 Å². The van der Waals surface area contributed by atoms with Crippen molar-refractivity contribution in [3.63, 3.8) is 0 Å². The van der Waals surface area contributed by atoms with Crippen molar-refractivity contribution in [1.82, 2.24) is 4.98 Å². The Morgan fingerprint density at radius 2 is 2.50 bits per heavy atom. The average Bonchev–Trinajstić information content (AvgIpc) is 2.91. The molecular weight excluding hydrogens is 228 g/mol. The molecule has 0 amide bonds. The number of nitrogens with zero attached hydrogens (tertiary/aromatic N) is 1. The molecule has 1 aliphatic heterocycles. The second-order valence-electron chi connectivity index (χ2n) is 4.68. The van der Waals surface area contributed by atoms with Crippen molar-refractivity contribution >= 4 is 5.82 Å². The third-order valence-corrected chi connectivity index (χ3v) is 3.12. The summed E-state index contributed by atoms with van der Waals surface area (Å²) in [7, 11) is 0. The van der Waals surface area contributed by atoms with E-state index in [1.807, 2.05) is 12.1 Å². The van der Waals surface area contributed by atoms with E-state index in [4.69, 9.17) is 9.47 Å². The highest BCUT2D eigenvalue weighted by Gasteiger charge is 2.23. The maximum Gasteiger partial charge on any atom is 0.169 e. The number of hydrogen-bond acceptors (Lipinski definition) is 4. The van der Waals surface area contributed by atoms with Gasteiger partial charge >= 0.3 is 0 Å². The lowest BCUT2D eigenvalue weighted by Crippen LogP contribution is -2.30. The Morgan fingerprint density at radius 3 is 3.22 bits per heavy atom. The molecule has 0 aromatic carbocycles. The summed E-state index contributed by atoms with van der Waals surface area (Å²) in [5.74, 6) is 1.64. The van der Waals surface area contributed by atoms with Gasteiger partial charge in [-0.2, -0.15) is 0 Å². The topological polar surface area (TPSA) is 43.4 Å². The molecule has 0 aliphatic carbocycles. The van der Waals surface area contributed by atoms with Crippen LogP contribution in [0.4, 0.5) is 5.82 Å². The highest BCUT2D eigenvalue weighted by molar-refractivity contribution is 5.50. The molecule has 2 rings (SSSR count). The van der Waals surface area contributed by atoms with E-state index in [1.165, 1.54) is 0 Å². The van der Waals surface area contributed by atoms with Gasteiger partial charge in [-0.1, -0.05) is 6.92 Å². The molecule has 4 nitrogen and oxygen atoms in total. The summed E-state index contributed by atoms with van der Waals surface area (Å²) in [6.07, 6.45) is 5.33. The number of pyridine rings is 1. The molecule has 0 saturated carbocycles. The largest absolute Gasteiger partial charge is 0.490 e. The van der Waals surface area contributed by atoms with Crippen LogP contribution in [0.15, 0.2) is 18.3 Å². The number of aromatic nitrogens is 1. The van der Waals surface area contributed by atoms with E-state index in [-0.39, 0.29) is 12.1 Å². The highest BCUT2D eigenvalue weighted by Crippen LogP contribution is 2.24. The van der Waals surface area contributed by atoms with Gasteiger partial charge in [0, 0.05) is 12.8 Å². The van der Waals surface area contributed by atoms with Gasteiger partial charge in [-0.05, 0) is 38.3 Å². The van der Waals surface area contributed by atoms with E-state index in [2.05, 4.69) is 24.1 Å². The smallest absolute Gasteiger partial charge is 0.169 e. The fourth-order valence-electron chi connectivity index (χ4n) is 2.13. The summed E-state index contributed by atoms with van der Waals surface area (Å²) in [6, 6.07) is 4.10. The van der Waals surface area contributed by atoms with Crippen molar-refractivity contribution in [3.8, 4) is 5.75 Å². The van der Waals surface area contributed by atoms with E-state index in [0.29, 0.717) is 6.61 Å². The van der Waals surface area contributed by atoms with Crippen molar-refractivity contribution in [1.29, 1.82) is 0 Å². The van der Waals surface area contributed by atoms with E-state index < -0.39 is 0 Å². The minimum absolute atomic E-state index is 0.256. The van der Waals surface area contributed by atoms with Crippen LogP contribution in [-0.4, -0.2) is 30.3 Å². The number of ether oxygens (including phenoxy) is 2. The lowest BCUT2D eigenvalue weighted by Gasteiger charge is -2.21. The molecule has 1 aliphatic rings. The normalized spacial score (nSPS) is 20.7. The predicted octanol–water partition coefficient (Wildman–Crippen LogP) is 2.85. The first-order chi connectivity index (χ1) is 8.81. The van der Waals surface area contributed by atoms with E-state index in [1.54, 1.807) is 6.20 Å². The third-order valence-electron chi connectivity index (χ3n) is 3.12. The Hall–Kier alpha value is -1.29. The molecule has 2 heterocycles. The van der Waals surface area contributed by atoms with Crippen molar-refractivity contribution in [2.45, 2.75) is 45.3 Å². The molecule has 18 heavy (non-hydrogen) atoms. The maximum atomic E-state index is 5.68. The van der Waals surface area contributed by atoms with E-state index in [0.717, 1.165) is 37.4 Å². The molecule has 0 bridgehead atoms. The van der Waals surface area contributed by atoms with E-state index >= 15 is 0 Å². The van der Waals surface area contributed by atoms with Crippen LogP contribution in [0.3, 0.4) is 0 Å². The summed E-state index contributed by atoms with van der Waals surface area (Å²) >= 11 is 0. The quantitative estimate of drug-likeness (QED) is 0.843. The van der Waals surface area contributed by atoms with Crippen LogP contribution in [0, 0.1) is 0 Å². The minimum Gasteiger partial charge on any atom is -0.490 e. The van der Waals surface area contributed by atoms with Crippen LogP contribution >= 0.6 is 0 Å². The second kappa shape index (κ2) is 6.59. The zero-order valence-corrected chi connectivity index (χ0v) is 11.2. The average molecular weight is 250 g/mol.